The van der Waals surface area contributed by atoms with Crippen LogP contribution in [0.3, 0.4) is 0 Å². The van der Waals surface area contributed by atoms with Gasteiger partial charge in [0.25, 0.3) is 0 Å². The topological polar surface area (TPSA) is 99.5 Å². The van der Waals surface area contributed by atoms with E-state index in [9.17, 15) is 0 Å². The fourth-order valence-electron chi connectivity index (χ4n) is 4.26. The van der Waals surface area contributed by atoms with Crippen LogP contribution in [0.1, 0.15) is 38.2 Å². The van der Waals surface area contributed by atoms with E-state index in [1.807, 2.05) is 6.07 Å². The number of hydrogen-bond donors (Lipinski definition) is 2. The monoisotopic (exact) mass is 422 g/mol. The second-order valence-electron chi connectivity index (χ2n) is 8.04. The molecule has 2 N–H and O–H groups in total. The van der Waals surface area contributed by atoms with E-state index in [1.54, 1.807) is 14.2 Å². The average Bonchev–Trinajstić information content (AvgIpc) is 2.74. The summed E-state index contributed by atoms with van der Waals surface area (Å²) in [6.45, 7) is 8.17. The lowest BCUT2D eigenvalue weighted by Gasteiger charge is -2.42. The van der Waals surface area contributed by atoms with Crippen LogP contribution in [0.4, 0.5) is 0 Å². The molecule has 30 heavy (non-hydrogen) atoms. The molecule has 8 nitrogen and oxygen atoms in total. The Morgan fingerprint density at radius 1 is 1.00 bits per heavy atom. The van der Waals surface area contributed by atoms with E-state index in [0.29, 0.717) is 0 Å². The number of carboxylic acids is 2. The highest BCUT2D eigenvalue weighted by atomic mass is 16.5. The van der Waals surface area contributed by atoms with Crippen LogP contribution in [-0.4, -0.2) is 78.4 Å². The number of rotatable bonds is 5. The van der Waals surface area contributed by atoms with Crippen molar-refractivity contribution >= 4 is 11.9 Å². The first-order valence-electron chi connectivity index (χ1n) is 10.5. The SMILES string of the molecule is COc1ccc(CN2CCN(C3CCCC(C)C3)CC2)cc1OC.O=C(O)C(=O)O. The predicted octanol–water partition coefficient (Wildman–Crippen LogP) is 2.56. The van der Waals surface area contributed by atoms with Crippen LogP contribution >= 0.6 is 0 Å². The molecule has 0 aromatic heterocycles. The molecular weight excluding hydrogens is 388 g/mol. The van der Waals surface area contributed by atoms with Gasteiger partial charge in [0.2, 0.25) is 0 Å². The number of carbonyl (C=O) groups is 2. The summed E-state index contributed by atoms with van der Waals surface area (Å²) in [6.07, 6.45) is 5.64. The van der Waals surface area contributed by atoms with Crippen molar-refractivity contribution in [2.24, 2.45) is 5.92 Å². The first-order valence-corrected chi connectivity index (χ1v) is 10.5. The quantitative estimate of drug-likeness (QED) is 0.699. The Bertz CT molecular complexity index is 691. The minimum atomic E-state index is -1.82. The lowest BCUT2D eigenvalue weighted by Crippen LogP contribution is -2.50. The first-order chi connectivity index (χ1) is 14.3. The van der Waals surface area contributed by atoms with Crippen LogP contribution in [0, 0.1) is 5.92 Å². The zero-order valence-corrected chi connectivity index (χ0v) is 18.2. The molecule has 1 aliphatic carbocycles. The maximum atomic E-state index is 9.10. The number of ether oxygens (including phenoxy) is 2. The third-order valence-electron chi connectivity index (χ3n) is 5.87. The Hall–Kier alpha value is -2.32. The summed E-state index contributed by atoms with van der Waals surface area (Å²) in [7, 11) is 3.38. The smallest absolute Gasteiger partial charge is 0.414 e. The van der Waals surface area contributed by atoms with Gasteiger partial charge in [0, 0.05) is 38.8 Å². The van der Waals surface area contributed by atoms with Crippen LogP contribution < -0.4 is 9.47 Å². The van der Waals surface area contributed by atoms with Gasteiger partial charge in [0.1, 0.15) is 0 Å². The first kappa shape index (κ1) is 24.0. The molecule has 1 heterocycles. The van der Waals surface area contributed by atoms with Crippen LogP contribution in [-0.2, 0) is 16.1 Å². The van der Waals surface area contributed by atoms with Gasteiger partial charge in [-0.05, 0) is 36.5 Å². The van der Waals surface area contributed by atoms with Gasteiger partial charge in [0.15, 0.2) is 11.5 Å². The van der Waals surface area contributed by atoms with Gasteiger partial charge in [-0.3, -0.25) is 9.80 Å². The normalized spacial score (nSPS) is 22.5. The Morgan fingerprint density at radius 3 is 2.17 bits per heavy atom. The molecule has 0 radical (unpaired) electrons. The molecule has 1 aliphatic heterocycles. The second kappa shape index (κ2) is 11.8. The van der Waals surface area contributed by atoms with Gasteiger partial charge in [0.05, 0.1) is 14.2 Å². The fraction of sp³-hybridized carbons (Fsp3) is 0.636. The summed E-state index contributed by atoms with van der Waals surface area (Å²) in [6, 6.07) is 7.09. The van der Waals surface area contributed by atoms with Crippen LogP contribution in [0.25, 0.3) is 0 Å². The highest BCUT2D eigenvalue weighted by molar-refractivity contribution is 6.27. The second-order valence-corrected chi connectivity index (χ2v) is 8.04. The van der Waals surface area contributed by atoms with E-state index in [4.69, 9.17) is 29.3 Å². The summed E-state index contributed by atoms with van der Waals surface area (Å²) in [4.78, 5) is 23.5. The van der Waals surface area contributed by atoms with E-state index >= 15 is 0 Å². The third-order valence-corrected chi connectivity index (χ3v) is 5.87. The maximum absolute atomic E-state index is 9.10. The standard InChI is InChI=1S/C20H32N2O2.C2H2O4/c1-16-5-4-6-18(13-16)22-11-9-21(10-12-22)15-17-7-8-19(23-2)20(14-17)24-3;3-1(4)2(5)6/h7-8,14,16,18H,4-6,9-13,15H2,1-3H3;(H,3,4)(H,5,6). The number of hydrogen-bond acceptors (Lipinski definition) is 6. The molecule has 2 fully saturated rings. The molecule has 3 rings (SSSR count). The largest absolute Gasteiger partial charge is 0.493 e. The molecule has 8 heteroatoms. The molecule has 1 aromatic carbocycles. The van der Waals surface area contributed by atoms with E-state index in [1.165, 1.54) is 57.4 Å². The molecule has 2 unspecified atom stereocenters. The van der Waals surface area contributed by atoms with Crippen molar-refractivity contribution in [1.82, 2.24) is 9.80 Å². The van der Waals surface area contributed by atoms with Crippen molar-refractivity contribution in [2.45, 2.75) is 45.2 Å². The molecule has 1 saturated carbocycles. The fourth-order valence-corrected chi connectivity index (χ4v) is 4.26. The zero-order chi connectivity index (χ0) is 22.1. The number of nitrogens with zero attached hydrogens (tertiary/aromatic N) is 2. The highest BCUT2D eigenvalue weighted by Gasteiger charge is 2.27. The summed E-state index contributed by atoms with van der Waals surface area (Å²) < 4.78 is 10.7. The molecular formula is C22H34N2O6. The van der Waals surface area contributed by atoms with Crippen molar-refractivity contribution in [3.8, 4) is 11.5 Å². The van der Waals surface area contributed by atoms with E-state index < -0.39 is 11.9 Å². The Kier molecular flexibility index (Phi) is 9.39. The highest BCUT2D eigenvalue weighted by Crippen LogP contribution is 2.29. The Morgan fingerprint density at radius 2 is 1.63 bits per heavy atom. The minimum absolute atomic E-state index is 0.803. The van der Waals surface area contributed by atoms with Gasteiger partial charge in [-0.25, -0.2) is 9.59 Å². The molecule has 0 amide bonds. The molecule has 2 atom stereocenters. The molecule has 2 aliphatic rings. The maximum Gasteiger partial charge on any atom is 0.414 e. The van der Waals surface area contributed by atoms with Gasteiger partial charge < -0.3 is 19.7 Å². The lowest BCUT2D eigenvalue weighted by atomic mass is 9.86. The van der Waals surface area contributed by atoms with Gasteiger partial charge in [-0.2, -0.15) is 0 Å². The number of carboxylic acid groups (broad SMARTS) is 2. The van der Waals surface area contributed by atoms with E-state index in [-0.39, 0.29) is 0 Å². The molecule has 1 saturated heterocycles. The summed E-state index contributed by atoms with van der Waals surface area (Å²) in [5.74, 6) is -1.11. The van der Waals surface area contributed by atoms with E-state index in [2.05, 4.69) is 28.9 Å². The van der Waals surface area contributed by atoms with Crippen LogP contribution in [0.5, 0.6) is 11.5 Å². The van der Waals surface area contributed by atoms with Gasteiger partial charge >= 0.3 is 11.9 Å². The average molecular weight is 423 g/mol. The van der Waals surface area contributed by atoms with Crippen molar-refractivity contribution in [2.75, 3.05) is 40.4 Å². The van der Waals surface area contributed by atoms with Crippen molar-refractivity contribution in [3.05, 3.63) is 23.8 Å². The summed E-state index contributed by atoms with van der Waals surface area (Å²) in [5, 5.41) is 14.8. The third kappa shape index (κ3) is 7.18. The van der Waals surface area contributed by atoms with E-state index in [0.717, 1.165) is 30.0 Å². The predicted molar refractivity (Wildman–Crippen MR) is 113 cm³/mol. The summed E-state index contributed by atoms with van der Waals surface area (Å²) >= 11 is 0. The Labute approximate surface area is 178 Å². The molecule has 0 bridgehead atoms. The molecule has 168 valence electrons. The number of aliphatic carboxylic acids is 2. The Balaban J connectivity index is 0.000000469. The summed E-state index contributed by atoms with van der Waals surface area (Å²) in [5.41, 5.74) is 1.30. The van der Waals surface area contributed by atoms with Crippen molar-refractivity contribution < 1.29 is 29.3 Å². The molecule has 1 aromatic rings. The number of methoxy groups -OCH3 is 2. The van der Waals surface area contributed by atoms with Crippen molar-refractivity contribution in [3.63, 3.8) is 0 Å². The van der Waals surface area contributed by atoms with Crippen LogP contribution in [0.15, 0.2) is 18.2 Å². The van der Waals surface area contributed by atoms with Gasteiger partial charge in [-0.15, -0.1) is 0 Å². The van der Waals surface area contributed by atoms with Crippen molar-refractivity contribution in [1.29, 1.82) is 0 Å². The lowest BCUT2D eigenvalue weighted by molar-refractivity contribution is -0.159. The number of piperazine rings is 1. The van der Waals surface area contributed by atoms with Crippen LogP contribution in [0.2, 0.25) is 0 Å². The zero-order valence-electron chi connectivity index (χ0n) is 18.2. The number of benzene rings is 1. The minimum Gasteiger partial charge on any atom is -0.493 e. The molecule has 0 spiro atoms. The van der Waals surface area contributed by atoms with Gasteiger partial charge in [-0.1, -0.05) is 25.8 Å².